The van der Waals surface area contributed by atoms with Crippen molar-refractivity contribution in [3.05, 3.63) is 94.3 Å². The molecule has 7 heteroatoms. The van der Waals surface area contributed by atoms with Gasteiger partial charge in [0.05, 0.1) is 31.8 Å². The van der Waals surface area contributed by atoms with Gasteiger partial charge in [-0.25, -0.2) is 4.79 Å². The molecule has 34 heavy (non-hydrogen) atoms. The van der Waals surface area contributed by atoms with Crippen molar-refractivity contribution in [1.29, 1.82) is 0 Å². The summed E-state index contributed by atoms with van der Waals surface area (Å²) in [6.07, 6.45) is 0. The number of pyridine rings is 1. The molecule has 3 aromatic carbocycles. The summed E-state index contributed by atoms with van der Waals surface area (Å²) in [5.74, 6) is -0.309. The fourth-order valence-corrected chi connectivity index (χ4v) is 4.39. The fourth-order valence-electron chi connectivity index (χ4n) is 4.39. The van der Waals surface area contributed by atoms with Gasteiger partial charge >= 0.3 is 5.97 Å². The average molecular weight is 455 g/mol. The molecule has 2 aromatic heterocycles. The summed E-state index contributed by atoms with van der Waals surface area (Å²) in [4.78, 5) is 26.3. The SMILES string of the molecule is COc1ccccc1Cn1c(=O)c(C(=O)O)c(-c2ccccc2OC)c2oc3ccccc3c21. The van der Waals surface area contributed by atoms with Gasteiger partial charge in [-0.3, -0.25) is 9.36 Å². The van der Waals surface area contributed by atoms with Crippen LogP contribution in [0.1, 0.15) is 15.9 Å². The average Bonchev–Trinajstić information content (AvgIpc) is 3.24. The predicted molar refractivity (Wildman–Crippen MR) is 129 cm³/mol. The molecule has 0 radical (unpaired) electrons. The third-order valence-corrected chi connectivity index (χ3v) is 5.89. The number of aromatic carboxylic acids is 1. The lowest BCUT2D eigenvalue weighted by Gasteiger charge is -2.16. The monoisotopic (exact) mass is 455 g/mol. The zero-order chi connectivity index (χ0) is 23.8. The summed E-state index contributed by atoms with van der Waals surface area (Å²) in [5.41, 5.74) is 1.73. The zero-order valence-electron chi connectivity index (χ0n) is 18.6. The number of furan rings is 1. The highest BCUT2D eigenvalue weighted by Gasteiger charge is 2.28. The van der Waals surface area contributed by atoms with Crippen LogP contribution >= 0.6 is 0 Å². The smallest absolute Gasteiger partial charge is 0.342 e. The molecule has 2 heterocycles. The van der Waals surface area contributed by atoms with Crippen LogP contribution in [0.15, 0.2) is 82.0 Å². The quantitative estimate of drug-likeness (QED) is 0.379. The van der Waals surface area contributed by atoms with Gasteiger partial charge in [-0.2, -0.15) is 0 Å². The molecular formula is C27H21NO6. The normalized spacial score (nSPS) is 11.1. The third kappa shape index (κ3) is 3.29. The molecule has 0 aliphatic rings. The summed E-state index contributed by atoms with van der Waals surface area (Å²) in [6, 6.07) is 21.6. The number of hydrogen-bond donors (Lipinski definition) is 1. The van der Waals surface area contributed by atoms with Crippen LogP contribution in [-0.2, 0) is 6.54 Å². The van der Waals surface area contributed by atoms with E-state index in [-0.39, 0.29) is 17.7 Å². The maximum Gasteiger partial charge on any atom is 0.342 e. The lowest BCUT2D eigenvalue weighted by molar-refractivity contribution is 0.0695. The second-order valence-electron chi connectivity index (χ2n) is 7.73. The van der Waals surface area contributed by atoms with Gasteiger partial charge in [-0.1, -0.05) is 48.5 Å². The summed E-state index contributed by atoms with van der Waals surface area (Å²) in [6.45, 7) is 0.107. The first kappa shape index (κ1) is 21.3. The Balaban J connectivity index is 1.95. The second kappa shape index (κ2) is 8.44. The van der Waals surface area contributed by atoms with Gasteiger partial charge in [0.15, 0.2) is 5.58 Å². The minimum absolute atomic E-state index is 0.107. The number of hydrogen-bond acceptors (Lipinski definition) is 5. The van der Waals surface area contributed by atoms with Crippen molar-refractivity contribution in [3.63, 3.8) is 0 Å². The molecule has 0 fully saturated rings. The molecule has 0 atom stereocenters. The Morgan fingerprint density at radius 1 is 0.912 bits per heavy atom. The van der Waals surface area contributed by atoms with Crippen LogP contribution in [0.5, 0.6) is 11.5 Å². The Labute approximate surface area is 194 Å². The number of ether oxygens (including phenoxy) is 2. The number of fused-ring (bicyclic) bond motifs is 3. The van der Waals surface area contributed by atoms with E-state index in [1.165, 1.54) is 11.7 Å². The van der Waals surface area contributed by atoms with E-state index in [0.717, 1.165) is 5.56 Å². The van der Waals surface area contributed by atoms with E-state index in [0.29, 0.717) is 39.1 Å². The van der Waals surface area contributed by atoms with Crippen LogP contribution in [0.2, 0.25) is 0 Å². The molecule has 0 saturated heterocycles. The first-order chi connectivity index (χ1) is 16.5. The molecule has 1 N–H and O–H groups in total. The maximum absolute atomic E-state index is 13.8. The number of nitrogens with zero attached hydrogens (tertiary/aromatic N) is 1. The number of benzene rings is 3. The summed E-state index contributed by atoms with van der Waals surface area (Å²) in [7, 11) is 3.05. The molecule has 5 rings (SSSR count). The first-order valence-electron chi connectivity index (χ1n) is 10.6. The molecule has 0 unspecified atom stereocenters. The van der Waals surface area contributed by atoms with Crippen LogP contribution in [-0.4, -0.2) is 29.9 Å². The molecular weight excluding hydrogens is 434 g/mol. The number of rotatable bonds is 6. The number of carbonyl (C=O) groups is 1. The molecule has 0 amide bonds. The largest absolute Gasteiger partial charge is 0.496 e. The van der Waals surface area contributed by atoms with Gasteiger partial charge in [-0.05, 0) is 24.3 Å². The van der Waals surface area contributed by atoms with Crippen molar-refractivity contribution in [1.82, 2.24) is 4.57 Å². The van der Waals surface area contributed by atoms with E-state index in [9.17, 15) is 14.7 Å². The van der Waals surface area contributed by atoms with E-state index >= 15 is 0 Å². The van der Waals surface area contributed by atoms with Crippen LogP contribution in [0, 0.1) is 0 Å². The van der Waals surface area contributed by atoms with Crippen LogP contribution in [0.4, 0.5) is 0 Å². The molecule has 7 nitrogen and oxygen atoms in total. The molecule has 5 aromatic rings. The highest BCUT2D eigenvalue weighted by Crippen LogP contribution is 2.40. The van der Waals surface area contributed by atoms with E-state index in [4.69, 9.17) is 13.9 Å². The van der Waals surface area contributed by atoms with Crippen molar-refractivity contribution in [2.24, 2.45) is 0 Å². The van der Waals surface area contributed by atoms with Gasteiger partial charge in [0.2, 0.25) is 0 Å². The number of methoxy groups -OCH3 is 2. The van der Waals surface area contributed by atoms with Crippen molar-refractivity contribution >= 4 is 28.0 Å². The number of para-hydroxylation sites is 3. The van der Waals surface area contributed by atoms with E-state index < -0.39 is 11.5 Å². The highest BCUT2D eigenvalue weighted by molar-refractivity contribution is 6.12. The van der Waals surface area contributed by atoms with Crippen LogP contribution in [0.25, 0.3) is 33.2 Å². The first-order valence-corrected chi connectivity index (χ1v) is 10.6. The minimum Gasteiger partial charge on any atom is -0.496 e. The van der Waals surface area contributed by atoms with Gasteiger partial charge in [0.1, 0.15) is 22.6 Å². The lowest BCUT2D eigenvalue weighted by Crippen LogP contribution is -2.28. The van der Waals surface area contributed by atoms with E-state index in [1.54, 1.807) is 43.5 Å². The maximum atomic E-state index is 13.8. The Morgan fingerprint density at radius 3 is 2.29 bits per heavy atom. The van der Waals surface area contributed by atoms with E-state index in [2.05, 4.69) is 0 Å². The molecule has 0 bridgehead atoms. The van der Waals surface area contributed by atoms with Gasteiger partial charge in [0.25, 0.3) is 5.56 Å². The van der Waals surface area contributed by atoms with Crippen molar-refractivity contribution in [2.75, 3.05) is 14.2 Å². The summed E-state index contributed by atoms with van der Waals surface area (Å²) < 4.78 is 18.6. The molecule has 0 aliphatic heterocycles. The van der Waals surface area contributed by atoms with Crippen molar-refractivity contribution < 1.29 is 23.8 Å². The zero-order valence-corrected chi connectivity index (χ0v) is 18.6. The lowest BCUT2D eigenvalue weighted by atomic mass is 9.98. The van der Waals surface area contributed by atoms with Gasteiger partial charge in [0, 0.05) is 16.5 Å². The molecule has 0 spiro atoms. The standard InChI is InChI=1S/C27H21NO6/c1-32-19-12-6-3-9-16(19)15-28-24-18-11-5-8-14-21(18)34-25(24)22(23(26(28)29)27(30)31)17-10-4-7-13-20(17)33-2/h3-14H,15H2,1-2H3,(H,30,31). The summed E-state index contributed by atoms with van der Waals surface area (Å²) in [5, 5.41) is 10.9. The fraction of sp³-hybridized carbons (Fsp3) is 0.111. The molecule has 170 valence electrons. The number of carboxylic acid groups (broad SMARTS) is 1. The van der Waals surface area contributed by atoms with Gasteiger partial charge < -0.3 is 19.0 Å². The highest BCUT2D eigenvalue weighted by atomic mass is 16.5. The Kier molecular flexibility index (Phi) is 5.30. The Morgan fingerprint density at radius 2 is 1.56 bits per heavy atom. The molecule has 0 saturated carbocycles. The Bertz CT molecular complexity index is 1610. The third-order valence-electron chi connectivity index (χ3n) is 5.89. The molecule has 0 aliphatic carbocycles. The minimum atomic E-state index is -1.35. The van der Waals surface area contributed by atoms with Crippen LogP contribution < -0.4 is 15.0 Å². The van der Waals surface area contributed by atoms with Crippen molar-refractivity contribution in [3.8, 4) is 22.6 Å². The summed E-state index contributed by atoms with van der Waals surface area (Å²) >= 11 is 0. The van der Waals surface area contributed by atoms with Gasteiger partial charge in [-0.15, -0.1) is 0 Å². The predicted octanol–water partition coefficient (Wildman–Crippen LogP) is 5.18. The van der Waals surface area contributed by atoms with E-state index in [1.807, 2.05) is 36.4 Å². The Hall–Kier alpha value is -4.52. The number of aromatic nitrogens is 1. The van der Waals surface area contributed by atoms with Crippen molar-refractivity contribution in [2.45, 2.75) is 6.54 Å². The number of carboxylic acids is 1. The second-order valence-corrected chi connectivity index (χ2v) is 7.73. The topological polar surface area (TPSA) is 90.9 Å². The van der Waals surface area contributed by atoms with Crippen LogP contribution in [0.3, 0.4) is 0 Å².